The Balaban J connectivity index is 1.19. The molecular weight excluding hydrogens is 691 g/mol. The molecule has 0 aliphatic carbocycles. The van der Waals surface area contributed by atoms with Crippen molar-refractivity contribution in [3.05, 3.63) is 63.6 Å². The summed E-state index contributed by atoms with van der Waals surface area (Å²) < 4.78 is 1.54. The summed E-state index contributed by atoms with van der Waals surface area (Å²) in [6.45, 7) is 1.28. The number of thiazole rings is 1. The summed E-state index contributed by atoms with van der Waals surface area (Å²) in [5, 5.41) is 54.8. The lowest BCUT2D eigenvalue weighted by Crippen LogP contribution is -2.71. The SMILES string of the molecule is Cc1cc(SCC2=C(C(=O)O)N3C(=O)[C@@H](NC(=O)C(=NOCc4cc(O)c(O)cc4C(=O)O)c4csc(N)n4)[C@H]3SC2)n2nncc2n1. The van der Waals surface area contributed by atoms with Gasteiger partial charge in [-0.3, -0.25) is 14.5 Å². The zero-order chi connectivity index (χ0) is 34.3. The first-order valence-corrected chi connectivity index (χ1v) is 16.6. The molecule has 0 unspecified atom stereocenters. The number of aromatic hydroxyl groups is 2. The van der Waals surface area contributed by atoms with E-state index in [9.17, 15) is 39.6 Å². The number of aryl methyl sites for hydroxylation is 1. The van der Waals surface area contributed by atoms with Crippen LogP contribution >= 0.6 is 34.9 Å². The average molecular weight is 714 g/mol. The molecule has 2 amide bonds. The first-order chi connectivity index (χ1) is 22.9. The highest BCUT2D eigenvalue weighted by Gasteiger charge is 2.54. The number of amides is 2. The number of aromatic carboxylic acids is 1. The second-order valence-corrected chi connectivity index (χ2v) is 13.2. The third-order valence-electron chi connectivity index (χ3n) is 7.08. The van der Waals surface area contributed by atoms with Gasteiger partial charge in [0.15, 0.2) is 28.0 Å². The number of carbonyl (C=O) groups excluding carboxylic acids is 2. The van der Waals surface area contributed by atoms with Crippen LogP contribution in [0.1, 0.15) is 27.3 Å². The quantitative estimate of drug-likeness (QED) is 0.0316. The molecule has 2 atom stereocenters. The zero-order valence-electron chi connectivity index (χ0n) is 24.4. The van der Waals surface area contributed by atoms with Crippen LogP contribution in [0.3, 0.4) is 0 Å². The zero-order valence-corrected chi connectivity index (χ0v) is 26.9. The monoisotopic (exact) mass is 713 g/mol. The van der Waals surface area contributed by atoms with E-state index in [1.165, 1.54) is 39.6 Å². The molecule has 2 aliphatic rings. The van der Waals surface area contributed by atoms with Crippen LogP contribution in [0.5, 0.6) is 11.5 Å². The summed E-state index contributed by atoms with van der Waals surface area (Å²) in [6, 6.07) is 2.50. The largest absolute Gasteiger partial charge is 0.504 e. The lowest BCUT2D eigenvalue weighted by molar-refractivity contribution is -0.150. The first kappa shape index (κ1) is 32.5. The smallest absolute Gasteiger partial charge is 0.352 e. The molecule has 18 nitrogen and oxygen atoms in total. The maximum atomic E-state index is 13.4. The molecule has 0 bridgehead atoms. The minimum atomic E-state index is -1.41. The topological polar surface area (TPSA) is 268 Å². The lowest BCUT2D eigenvalue weighted by atomic mass is 10.0. The predicted molar refractivity (Wildman–Crippen MR) is 171 cm³/mol. The highest BCUT2D eigenvalue weighted by molar-refractivity contribution is 8.01. The Hall–Kier alpha value is -5.41. The number of anilines is 1. The summed E-state index contributed by atoms with van der Waals surface area (Å²) in [7, 11) is 0. The van der Waals surface area contributed by atoms with Gasteiger partial charge in [0.25, 0.3) is 11.8 Å². The number of thioether (sulfide) groups is 2. The van der Waals surface area contributed by atoms with Crippen LogP contribution in [-0.2, 0) is 25.8 Å². The number of nitrogens with one attached hydrogen (secondary N) is 1. The number of phenolic OH excluding ortho intramolecular Hbond substituents is 2. The van der Waals surface area contributed by atoms with E-state index in [1.807, 2.05) is 6.92 Å². The number of oxime groups is 1. The molecule has 3 aromatic heterocycles. The Morgan fingerprint density at radius 1 is 1.17 bits per heavy atom. The molecule has 4 aromatic rings. The van der Waals surface area contributed by atoms with E-state index < -0.39 is 59.0 Å². The Morgan fingerprint density at radius 3 is 2.65 bits per heavy atom. The summed E-state index contributed by atoms with van der Waals surface area (Å²) >= 11 is 3.60. The van der Waals surface area contributed by atoms with E-state index in [2.05, 4.69) is 30.8 Å². The van der Waals surface area contributed by atoms with Gasteiger partial charge in [-0.25, -0.2) is 19.6 Å². The van der Waals surface area contributed by atoms with E-state index in [-0.39, 0.29) is 39.2 Å². The molecule has 248 valence electrons. The number of fused-ring (bicyclic) bond motifs is 2. The van der Waals surface area contributed by atoms with Gasteiger partial charge in [-0.05, 0) is 30.7 Å². The van der Waals surface area contributed by atoms with Crippen molar-refractivity contribution in [1.82, 2.24) is 35.0 Å². The van der Waals surface area contributed by atoms with Crippen LogP contribution in [0.4, 0.5) is 5.13 Å². The van der Waals surface area contributed by atoms with Crippen LogP contribution in [0.25, 0.3) is 5.65 Å². The minimum Gasteiger partial charge on any atom is -0.504 e. The number of hydrogen-bond acceptors (Lipinski definition) is 16. The number of aliphatic carboxylic acids is 1. The Kier molecular flexibility index (Phi) is 8.81. The molecule has 0 radical (unpaired) electrons. The number of rotatable bonds is 11. The molecule has 0 spiro atoms. The van der Waals surface area contributed by atoms with E-state index in [1.54, 1.807) is 6.07 Å². The summed E-state index contributed by atoms with van der Waals surface area (Å²) in [5.74, 6) is -4.99. The highest BCUT2D eigenvalue weighted by Crippen LogP contribution is 2.41. The van der Waals surface area contributed by atoms with E-state index in [0.717, 1.165) is 34.1 Å². The fourth-order valence-electron chi connectivity index (χ4n) is 4.89. The van der Waals surface area contributed by atoms with Gasteiger partial charge in [0.05, 0.1) is 11.8 Å². The molecular formula is C27H23N9O9S3. The minimum absolute atomic E-state index is 0.000192. The first-order valence-electron chi connectivity index (χ1n) is 13.6. The maximum Gasteiger partial charge on any atom is 0.352 e. The summed E-state index contributed by atoms with van der Waals surface area (Å²) in [5.41, 5.74) is 6.52. The highest BCUT2D eigenvalue weighted by atomic mass is 32.2. The molecule has 2 aliphatic heterocycles. The van der Waals surface area contributed by atoms with Gasteiger partial charge in [0.1, 0.15) is 34.4 Å². The van der Waals surface area contributed by atoms with E-state index in [0.29, 0.717) is 16.2 Å². The van der Waals surface area contributed by atoms with Gasteiger partial charge in [-0.2, -0.15) is 4.52 Å². The second kappa shape index (κ2) is 13.0. The third-order valence-corrected chi connectivity index (χ3v) is 10.2. The van der Waals surface area contributed by atoms with Gasteiger partial charge in [0, 0.05) is 28.1 Å². The van der Waals surface area contributed by atoms with Crippen molar-refractivity contribution in [1.29, 1.82) is 0 Å². The standard InChI is InChI=1S/C27H23N9O9S3/c1-10-2-18(36-17(30-10)5-29-34-36)46-7-12-8-47-24-20(23(40)35(24)21(12)26(43)44)32-22(39)19(14-9-48-27(28)31-14)33-45-6-11-3-15(37)16(38)4-13(11)25(41)42/h2-5,9,20,24,37-38H,6-8H2,1H3,(H2,28,31)(H,32,39)(H,41,42)(H,43,44)/t20-,24-/m1/s1. The van der Waals surface area contributed by atoms with E-state index in [4.69, 9.17) is 10.6 Å². The van der Waals surface area contributed by atoms with Gasteiger partial charge >= 0.3 is 11.9 Å². The number of benzene rings is 1. The molecule has 0 saturated carbocycles. The van der Waals surface area contributed by atoms with Gasteiger partial charge in [-0.15, -0.1) is 40.0 Å². The van der Waals surface area contributed by atoms with Gasteiger partial charge in [0.2, 0.25) is 0 Å². The van der Waals surface area contributed by atoms with Crippen LogP contribution in [0.2, 0.25) is 0 Å². The number of phenols is 2. The van der Waals surface area contributed by atoms with Crippen molar-refractivity contribution < 1.29 is 44.4 Å². The number of carboxylic acid groups (broad SMARTS) is 2. The molecule has 7 N–H and O–H groups in total. The van der Waals surface area contributed by atoms with Crippen molar-refractivity contribution in [2.75, 3.05) is 17.2 Å². The van der Waals surface area contributed by atoms with Crippen molar-refractivity contribution in [3.63, 3.8) is 0 Å². The van der Waals surface area contributed by atoms with Gasteiger partial charge in [-0.1, -0.05) is 10.4 Å². The second-order valence-electron chi connectivity index (χ2n) is 10.2. The molecule has 6 rings (SSSR count). The van der Waals surface area contributed by atoms with Crippen molar-refractivity contribution in [2.24, 2.45) is 5.16 Å². The average Bonchev–Trinajstić information content (AvgIpc) is 3.70. The van der Waals surface area contributed by atoms with Crippen molar-refractivity contribution in [2.45, 2.75) is 30.0 Å². The lowest BCUT2D eigenvalue weighted by Gasteiger charge is -2.49. The molecule has 1 aromatic carbocycles. The van der Waals surface area contributed by atoms with Crippen LogP contribution in [-0.4, -0.2) is 103 Å². The van der Waals surface area contributed by atoms with Crippen molar-refractivity contribution in [3.8, 4) is 11.5 Å². The summed E-state index contributed by atoms with van der Waals surface area (Å²) in [4.78, 5) is 65.6. The van der Waals surface area contributed by atoms with Crippen LogP contribution in [0.15, 0.2) is 51.2 Å². The predicted octanol–water partition coefficient (Wildman–Crippen LogP) is 1.03. The Labute approximate surface area is 281 Å². The Bertz CT molecular complexity index is 2060. The number of carboxylic acids is 2. The fraction of sp³-hybridized carbons (Fsp3) is 0.222. The van der Waals surface area contributed by atoms with Crippen molar-refractivity contribution >= 4 is 75.1 Å². The fourth-order valence-corrected chi connectivity index (χ4v) is 7.98. The molecule has 1 saturated heterocycles. The normalized spacial score (nSPS) is 17.6. The molecule has 21 heteroatoms. The summed E-state index contributed by atoms with van der Waals surface area (Å²) in [6.07, 6.45) is 1.51. The number of hydrogen-bond donors (Lipinski definition) is 6. The van der Waals surface area contributed by atoms with Crippen LogP contribution < -0.4 is 11.1 Å². The molecule has 1 fully saturated rings. The van der Waals surface area contributed by atoms with E-state index >= 15 is 0 Å². The molecule has 48 heavy (non-hydrogen) atoms. The number of carbonyl (C=O) groups is 4. The number of β-lactam (4-membered cyclic amide) rings is 1. The number of nitrogens with zero attached hydrogens (tertiary/aromatic N) is 7. The number of nitrogens with two attached hydrogens (primary N) is 1. The van der Waals surface area contributed by atoms with Gasteiger partial charge < -0.3 is 36.3 Å². The Morgan fingerprint density at radius 2 is 1.94 bits per heavy atom. The maximum absolute atomic E-state index is 13.4. The number of aromatic nitrogens is 5. The third kappa shape index (κ3) is 6.16. The van der Waals surface area contributed by atoms with Crippen LogP contribution in [0, 0.1) is 6.92 Å². The number of nitrogen functional groups attached to an aromatic ring is 1. The molecule has 5 heterocycles.